The summed E-state index contributed by atoms with van der Waals surface area (Å²) >= 11 is 0. The van der Waals surface area contributed by atoms with Crippen LogP contribution in [0.4, 0.5) is 0 Å². The molecule has 0 aliphatic heterocycles. The maximum Gasteiger partial charge on any atom is 0.261 e. The zero-order valence-corrected chi connectivity index (χ0v) is 13.5. The van der Waals surface area contributed by atoms with Gasteiger partial charge >= 0.3 is 0 Å². The summed E-state index contributed by atoms with van der Waals surface area (Å²) in [6.45, 7) is 4.85. The Morgan fingerprint density at radius 1 is 1.09 bits per heavy atom. The fourth-order valence-corrected chi connectivity index (χ4v) is 2.43. The van der Waals surface area contributed by atoms with E-state index in [1.807, 2.05) is 43.3 Å². The second kappa shape index (κ2) is 8.42. The predicted octanol–water partition coefficient (Wildman–Crippen LogP) is 4.30. The molecular weight excluding hydrogens is 274 g/mol. The third-order valence-electron chi connectivity index (χ3n) is 3.74. The highest BCUT2D eigenvalue weighted by Crippen LogP contribution is 2.22. The SMILES string of the molecule is CCCCCNC(=O)[C@@H](CC)Oc1ccc2ccccc2c1. The van der Waals surface area contributed by atoms with Gasteiger partial charge in [-0.05, 0) is 35.7 Å². The highest BCUT2D eigenvalue weighted by molar-refractivity contribution is 5.84. The fourth-order valence-electron chi connectivity index (χ4n) is 2.43. The van der Waals surface area contributed by atoms with Crippen molar-refractivity contribution in [3.63, 3.8) is 0 Å². The van der Waals surface area contributed by atoms with Gasteiger partial charge in [-0.15, -0.1) is 0 Å². The van der Waals surface area contributed by atoms with E-state index in [0.717, 1.165) is 36.9 Å². The van der Waals surface area contributed by atoms with Gasteiger partial charge in [0.2, 0.25) is 0 Å². The molecule has 0 saturated heterocycles. The van der Waals surface area contributed by atoms with Crippen molar-refractivity contribution < 1.29 is 9.53 Å². The third-order valence-corrected chi connectivity index (χ3v) is 3.74. The second-order valence-electron chi connectivity index (χ2n) is 5.52. The van der Waals surface area contributed by atoms with Gasteiger partial charge in [0.05, 0.1) is 0 Å². The number of hydrogen-bond donors (Lipinski definition) is 1. The first-order valence-electron chi connectivity index (χ1n) is 8.17. The molecule has 0 radical (unpaired) electrons. The maximum atomic E-state index is 12.2. The highest BCUT2D eigenvalue weighted by atomic mass is 16.5. The molecular formula is C19H25NO2. The Hall–Kier alpha value is -2.03. The zero-order valence-electron chi connectivity index (χ0n) is 13.5. The number of amides is 1. The number of fused-ring (bicyclic) bond motifs is 1. The summed E-state index contributed by atoms with van der Waals surface area (Å²) in [5.74, 6) is 0.723. The first kappa shape index (κ1) is 16.3. The number of hydrogen-bond acceptors (Lipinski definition) is 2. The van der Waals surface area contributed by atoms with Crippen molar-refractivity contribution in [3.05, 3.63) is 42.5 Å². The molecule has 118 valence electrons. The Morgan fingerprint density at radius 3 is 2.59 bits per heavy atom. The third kappa shape index (κ3) is 4.48. The van der Waals surface area contributed by atoms with E-state index in [-0.39, 0.29) is 5.91 Å². The van der Waals surface area contributed by atoms with Crippen LogP contribution in [0.1, 0.15) is 39.5 Å². The molecule has 0 spiro atoms. The normalized spacial score (nSPS) is 12.1. The van der Waals surface area contributed by atoms with Crippen molar-refractivity contribution in [3.8, 4) is 5.75 Å². The molecule has 0 saturated carbocycles. The first-order valence-corrected chi connectivity index (χ1v) is 8.17. The molecule has 0 aromatic heterocycles. The molecule has 1 amide bonds. The van der Waals surface area contributed by atoms with Crippen molar-refractivity contribution in [2.75, 3.05) is 6.54 Å². The Bertz CT molecular complexity index is 609. The summed E-state index contributed by atoms with van der Waals surface area (Å²) in [5, 5.41) is 5.26. The lowest BCUT2D eigenvalue weighted by Crippen LogP contribution is -2.38. The van der Waals surface area contributed by atoms with Gasteiger partial charge in [0.15, 0.2) is 6.10 Å². The smallest absolute Gasteiger partial charge is 0.261 e. The van der Waals surface area contributed by atoms with Crippen molar-refractivity contribution in [1.29, 1.82) is 0 Å². The minimum absolute atomic E-state index is 0.0215. The van der Waals surface area contributed by atoms with Gasteiger partial charge in [-0.2, -0.15) is 0 Å². The standard InChI is InChI=1S/C19H25NO2/c1-3-5-8-13-20-19(21)18(4-2)22-17-12-11-15-9-6-7-10-16(15)14-17/h6-7,9-12,14,18H,3-5,8,13H2,1-2H3,(H,20,21)/t18-/m1/s1. The van der Waals surface area contributed by atoms with Crippen LogP contribution < -0.4 is 10.1 Å². The number of rotatable bonds is 8. The number of unbranched alkanes of at least 4 members (excludes halogenated alkanes) is 2. The fraction of sp³-hybridized carbons (Fsp3) is 0.421. The maximum absolute atomic E-state index is 12.2. The minimum atomic E-state index is -0.428. The van der Waals surface area contributed by atoms with Gasteiger partial charge in [-0.25, -0.2) is 0 Å². The molecule has 0 aliphatic rings. The van der Waals surface area contributed by atoms with Crippen LogP contribution in [0.25, 0.3) is 10.8 Å². The van der Waals surface area contributed by atoms with Crippen molar-refractivity contribution in [1.82, 2.24) is 5.32 Å². The van der Waals surface area contributed by atoms with Crippen LogP contribution >= 0.6 is 0 Å². The largest absolute Gasteiger partial charge is 0.481 e. The van der Waals surface area contributed by atoms with Crippen LogP contribution in [-0.2, 0) is 4.79 Å². The van der Waals surface area contributed by atoms with Crippen molar-refractivity contribution in [2.24, 2.45) is 0 Å². The Kier molecular flexibility index (Phi) is 6.26. The highest BCUT2D eigenvalue weighted by Gasteiger charge is 2.17. The lowest BCUT2D eigenvalue weighted by molar-refractivity contribution is -0.128. The molecule has 2 rings (SSSR count). The van der Waals surface area contributed by atoms with E-state index in [1.54, 1.807) is 0 Å². The molecule has 22 heavy (non-hydrogen) atoms. The van der Waals surface area contributed by atoms with Crippen LogP contribution in [0.5, 0.6) is 5.75 Å². The van der Waals surface area contributed by atoms with E-state index in [1.165, 1.54) is 5.39 Å². The minimum Gasteiger partial charge on any atom is -0.481 e. The molecule has 3 nitrogen and oxygen atoms in total. The van der Waals surface area contributed by atoms with Gasteiger partial charge in [0, 0.05) is 6.54 Å². The van der Waals surface area contributed by atoms with Crippen molar-refractivity contribution >= 4 is 16.7 Å². The number of ether oxygens (including phenoxy) is 1. The van der Waals surface area contributed by atoms with E-state index in [0.29, 0.717) is 6.42 Å². The van der Waals surface area contributed by atoms with Gasteiger partial charge in [0.25, 0.3) is 5.91 Å². The summed E-state index contributed by atoms with van der Waals surface area (Å²) in [6.07, 6.45) is 3.55. The summed E-state index contributed by atoms with van der Waals surface area (Å²) < 4.78 is 5.88. The molecule has 0 unspecified atom stereocenters. The Morgan fingerprint density at radius 2 is 1.86 bits per heavy atom. The molecule has 2 aromatic rings. The second-order valence-corrected chi connectivity index (χ2v) is 5.52. The molecule has 0 bridgehead atoms. The van der Waals surface area contributed by atoms with E-state index < -0.39 is 6.10 Å². The number of carbonyl (C=O) groups is 1. The van der Waals surface area contributed by atoms with Crippen LogP contribution in [0.3, 0.4) is 0 Å². The lowest BCUT2D eigenvalue weighted by Gasteiger charge is -2.17. The summed E-state index contributed by atoms with van der Waals surface area (Å²) in [4.78, 5) is 12.2. The zero-order chi connectivity index (χ0) is 15.8. The average molecular weight is 299 g/mol. The summed E-state index contributed by atoms with van der Waals surface area (Å²) in [5.41, 5.74) is 0. The van der Waals surface area contributed by atoms with E-state index >= 15 is 0 Å². The number of benzene rings is 2. The van der Waals surface area contributed by atoms with Gasteiger partial charge in [0.1, 0.15) is 5.75 Å². The summed E-state index contributed by atoms with van der Waals surface area (Å²) in [7, 11) is 0. The Balaban J connectivity index is 1.97. The van der Waals surface area contributed by atoms with E-state index in [4.69, 9.17) is 4.74 Å². The van der Waals surface area contributed by atoms with E-state index in [2.05, 4.69) is 18.3 Å². The number of carbonyl (C=O) groups excluding carboxylic acids is 1. The van der Waals surface area contributed by atoms with Crippen LogP contribution in [-0.4, -0.2) is 18.6 Å². The predicted molar refractivity (Wildman–Crippen MR) is 91.2 cm³/mol. The average Bonchev–Trinajstić information content (AvgIpc) is 2.56. The van der Waals surface area contributed by atoms with Crippen LogP contribution in [0, 0.1) is 0 Å². The molecule has 0 fully saturated rings. The topological polar surface area (TPSA) is 38.3 Å². The molecule has 0 aliphatic carbocycles. The van der Waals surface area contributed by atoms with Gasteiger partial charge in [-0.1, -0.05) is 57.0 Å². The molecule has 0 heterocycles. The first-order chi connectivity index (χ1) is 10.7. The van der Waals surface area contributed by atoms with Crippen LogP contribution in [0.2, 0.25) is 0 Å². The molecule has 1 N–H and O–H groups in total. The Labute approximate surface area is 132 Å². The van der Waals surface area contributed by atoms with Gasteiger partial charge in [-0.3, -0.25) is 4.79 Å². The van der Waals surface area contributed by atoms with Crippen LogP contribution in [0.15, 0.2) is 42.5 Å². The number of nitrogens with one attached hydrogen (secondary N) is 1. The molecule has 3 heteroatoms. The lowest BCUT2D eigenvalue weighted by atomic mass is 10.1. The molecule has 2 aromatic carbocycles. The van der Waals surface area contributed by atoms with Gasteiger partial charge < -0.3 is 10.1 Å². The van der Waals surface area contributed by atoms with Crippen molar-refractivity contribution in [2.45, 2.75) is 45.6 Å². The quantitative estimate of drug-likeness (QED) is 0.738. The summed E-state index contributed by atoms with van der Waals surface area (Å²) in [6, 6.07) is 14.1. The van der Waals surface area contributed by atoms with E-state index in [9.17, 15) is 4.79 Å². The monoisotopic (exact) mass is 299 g/mol. The molecule has 1 atom stereocenters.